The average molecular weight is 299 g/mol. The molecular formula is C18H21NO3. The second kappa shape index (κ2) is 7.80. The van der Waals surface area contributed by atoms with Crippen molar-refractivity contribution in [2.45, 2.75) is 19.4 Å². The fraction of sp³-hybridized carbons (Fsp3) is 0.389. The Morgan fingerprint density at radius 3 is 2.55 bits per heavy atom. The highest BCUT2D eigenvalue weighted by Gasteiger charge is 2.20. The van der Waals surface area contributed by atoms with Crippen LogP contribution in [0.4, 0.5) is 0 Å². The number of ether oxygens (including phenoxy) is 3. The van der Waals surface area contributed by atoms with Crippen LogP contribution in [0.1, 0.15) is 18.4 Å². The van der Waals surface area contributed by atoms with Gasteiger partial charge < -0.3 is 14.2 Å². The third-order valence-corrected chi connectivity index (χ3v) is 3.49. The molecule has 3 rings (SSSR count). The van der Waals surface area contributed by atoms with Gasteiger partial charge in [0.05, 0.1) is 12.8 Å². The summed E-state index contributed by atoms with van der Waals surface area (Å²) in [7, 11) is 0. The van der Waals surface area contributed by atoms with Crippen LogP contribution in [0.5, 0.6) is 11.6 Å². The molecule has 0 atom stereocenters. The SMILES string of the molecule is c1ccc(COc2ccc(OCCOCC3CC3)nc2)cc1. The van der Waals surface area contributed by atoms with Gasteiger partial charge in [0.1, 0.15) is 19.0 Å². The number of nitrogens with zero attached hydrogens (tertiary/aromatic N) is 1. The van der Waals surface area contributed by atoms with E-state index in [4.69, 9.17) is 14.2 Å². The van der Waals surface area contributed by atoms with Gasteiger partial charge in [-0.05, 0) is 30.4 Å². The Kier molecular flexibility index (Phi) is 5.27. The molecule has 4 nitrogen and oxygen atoms in total. The second-order valence-electron chi connectivity index (χ2n) is 5.47. The number of hydrogen-bond donors (Lipinski definition) is 0. The number of aromatic nitrogens is 1. The minimum atomic E-state index is 0.532. The van der Waals surface area contributed by atoms with Crippen LogP contribution >= 0.6 is 0 Å². The molecular weight excluding hydrogens is 278 g/mol. The molecule has 1 aliphatic rings. The van der Waals surface area contributed by atoms with Crippen molar-refractivity contribution in [2.75, 3.05) is 19.8 Å². The van der Waals surface area contributed by atoms with Gasteiger partial charge in [0, 0.05) is 12.7 Å². The third-order valence-electron chi connectivity index (χ3n) is 3.49. The van der Waals surface area contributed by atoms with Crippen molar-refractivity contribution in [3.63, 3.8) is 0 Å². The van der Waals surface area contributed by atoms with Gasteiger partial charge in [0.2, 0.25) is 5.88 Å². The van der Waals surface area contributed by atoms with Crippen LogP contribution in [0.15, 0.2) is 48.7 Å². The molecule has 1 saturated carbocycles. The van der Waals surface area contributed by atoms with E-state index in [9.17, 15) is 0 Å². The molecule has 1 fully saturated rings. The van der Waals surface area contributed by atoms with Gasteiger partial charge in [-0.25, -0.2) is 4.98 Å². The van der Waals surface area contributed by atoms with Crippen molar-refractivity contribution in [3.05, 3.63) is 54.2 Å². The molecule has 1 heterocycles. The quantitative estimate of drug-likeness (QED) is 0.665. The highest BCUT2D eigenvalue weighted by molar-refractivity contribution is 5.23. The van der Waals surface area contributed by atoms with E-state index < -0.39 is 0 Å². The fourth-order valence-electron chi connectivity index (χ4n) is 2.02. The molecule has 0 spiro atoms. The lowest BCUT2D eigenvalue weighted by Crippen LogP contribution is -2.08. The highest BCUT2D eigenvalue weighted by Crippen LogP contribution is 2.28. The van der Waals surface area contributed by atoms with Crippen molar-refractivity contribution < 1.29 is 14.2 Å². The van der Waals surface area contributed by atoms with E-state index in [0.29, 0.717) is 25.7 Å². The Bertz CT molecular complexity index is 552. The molecule has 2 aromatic rings. The maximum absolute atomic E-state index is 5.68. The number of rotatable bonds is 9. The molecule has 0 bridgehead atoms. The van der Waals surface area contributed by atoms with Crippen LogP contribution in [-0.2, 0) is 11.3 Å². The van der Waals surface area contributed by atoms with E-state index in [2.05, 4.69) is 4.98 Å². The summed E-state index contributed by atoms with van der Waals surface area (Å²) in [6.45, 7) is 2.55. The predicted octanol–water partition coefficient (Wildman–Crippen LogP) is 3.47. The molecule has 1 aromatic carbocycles. The van der Waals surface area contributed by atoms with Gasteiger partial charge >= 0.3 is 0 Å². The Balaban J connectivity index is 1.36. The highest BCUT2D eigenvalue weighted by atomic mass is 16.5. The summed E-state index contributed by atoms with van der Waals surface area (Å²) in [5.74, 6) is 2.13. The number of pyridine rings is 1. The maximum Gasteiger partial charge on any atom is 0.213 e. The van der Waals surface area contributed by atoms with Crippen LogP contribution in [-0.4, -0.2) is 24.8 Å². The zero-order valence-corrected chi connectivity index (χ0v) is 12.6. The van der Waals surface area contributed by atoms with Crippen molar-refractivity contribution >= 4 is 0 Å². The lowest BCUT2D eigenvalue weighted by molar-refractivity contribution is 0.0912. The topological polar surface area (TPSA) is 40.6 Å². The van der Waals surface area contributed by atoms with E-state index in [0.717, 1.165) is 23.8 Å². The molecule has 0 saturated heterocycles. The zero-order chi connectivity index (χ0) is 15.0. The van der Waals surface area contributed by atoms with Gasteiger partial charge in [0.15, 0.2) is 0 Å². The van der Waals surface area contributed by atoms with E-state index in [1.807, 2.05) is 42.5 Å². The smallest absolute Gasteiger partial charge is 0.213 e. The molecule has 4 heteroatoms. The first-order valence-electron chi connectivity index (χ1n) is 7.73. The van der Waals surface area contributed by atoms with Gasteiger partial charge in [-0.2, -0.15) is 0 Å². The molecule has 1 aromatic heterocycles. The maximum atomic E-state index is 5.68. The van der Waals surface area contributed by atoms with E-state index in [1.165, 1.54) is 12.8 Å². The fourth-order valence-corrected chi connectivity index (χ4v) is 2.02. The summed E-state index contributed by atoms with van der Waals surface area (Å²) in [6, 6.07) is 13.8. The van der Waals surface area contributed by atoms with Crippen molar-refractivity contribution in [3.8, 4) is 11.6 Å². The normalized spacial score (nSPS) is 13.8. The van der Waals surface area contributed by atoms with Gasteiger partial charge in [-0.1, -0.05) is 30.3 Å². The lowest BCUT2D eigenvalue weighted by atomic mass is 10.2. The molecule has 0 unspecified atom stereocenters. The minimum Gasteiger partial charge on any atom is -0.487 e. The van der Waals surface area contributed by atoms with Gasteiger partial charge in [-0.3, -0.25) is 0 Å². The monoisotopic (exact) mass is 299 g/mol. The summed E-state index contributed by atoms with van der Waals surface area (Å²) in [6.07, 6.45) is 4.31. The van der Waals surface area contributed by atoms with Crippen LogP contribution in [0, 0.1) is 5.92 Å². The Hall–Kier alpha value is -2.07. The lowest BCUT2D eigenvalue weighted by Gasteiger charge is -2.08. The molecule has 1 aliphatic carbocycles. The second-order valence-corrected chi connectivity index (χ2v) is 5.47. The van der Waals surface area contributed by atoms with Crippen LogP contribution < -0.4 is 9.47 Å². The first kappa shape index (κ1) is 14.9. The zero-order valence-electron chi connectivity index (χ0n) is 12.6. The molecule has 0 aliphatic heterocycles. The summed E-state index contributed by atoms with van der Waals surface area (Å²) >= 11 is 0. The molecule has 0 N–H and O–H groups in total. The third kappa shape index (κ3) is 5.04. The predicted molar refractivity (Wildman–Crippen MR) is 84.0 cm³/mol. The van der Waals surface area contributed by atoms with Crippen molar-refractivity contribution in [1.82, 2.24) is 4.98 Å². The van der Waals surface area contributed by atoms with E-state index in [-0.39, 0.29) is 0 Å². The van der Waals surface area contributed by atoms with Crippen LogP contribution in [0.2, 0.25) is 0 Å². The Morgan fingerprint density at radius 2 is 1.82 bits per heavy atom. The van der Waals surface area contributed by atoms with Crippen LogP contribution in [0.25, 0.3) is 0 Å². The van der Waals surface area contributed by atoms with Crippen molar-refractivity contribution in [1.29, 1.82) is 0 Å². The molecule has 0 radical (unpaired) electrons. The van der Waals surface area contributed by atoms with Gasteiger partial charge in [0.25, 0.3) is 0 Å². The van der Waals surface area contributed by atoms with Crippen LogP contribution in [0.3, 0.4) is 0 Å². The largest absolute Gasteiger partial charge is 0.487 e. The Morgan fingerprint density at radius 1 is 0.955 bits per heavy atom. The number of hydrogen-bond acceptors (Lipinski definition) is 4. The summed E-state index contributed by atoms with van der Waals surface area (Å²) < 4.78 is 16.7. The Labute approximate surface area is 131 Å². The van der Waals surface area contributed by atoms with Gasteiger partial charge in [-0.15, -0.1) is 0 Å². The van der Waals surface area contributed by atoms with Crippen molar-refractivity contribution in [2.24, 2.45) is 5.92 Å². The van der Waals surface area contributed by atoms with E-state index in [1.54, 1.807) is 6.20 Å². The molecule has 0 amide bonds. The molecule has 22 heavy (non-hydrogen) atoms. The number of benzene rings is 1. The first-order valence-corrected chi connectivity index (χ1v) is 7.73. The average Bonchev–Trinajstić information content (AvgIpc) is 3.39. The first-order chi connectivity index (χ1) is 10.9. The summed E-state index contributed by atoms with van der Waals surface area (Å²) in [4.78, 5) is 4.23. The van der Waals surface area contributed by atoms with E-state index >= 15 is 0 Å². The summed E-state index contributed by atoms with van der Waals surface area (Å²) in [5.41, 5.74) is 1.13. The standard InChI is InChI=1S/C18H21NO3/c1-2-4-15(5-3-1)14-22-17-8-9-18(19-12-17)21-11-10-20-13-16-6-7-16/h1-5,8-9,12,16H,6-7,10-11,13-14H2. The summed E-state index contributed by atoms with van der Waals surface area (Å²) in [5, 5.41) is 0. The minimum absolute atomic E-state index is 0.532. The molecule has 116 valence electrons.